The molecule has 0 amide bonds. The Balaban J connectivity index is 2.01. The molecule has 100 valence electrons. The molecular formula is C14H23N3O. The second kappa shape index (κ2) is 5.65. The molecule has 1 aromatic rings. The van der Waals surface area contributed by atoms with Gasteiger partial charge in [0.1, 0.15) is 5.82 Å². The van der Waals surface area contributed by atoms with Crippen LogP contribution in [0.5, 0.6) is 0 Å². The van der Waals surface area contributed by atoms with Crippen molar-refractivity contribution in [3.05, 3.63) is 17.8 Å². The molecule has 1 atom stereocenters. The maximum absolute atomic E-state index is 5.98. The third kappa shape index (κ3) is 2.99. The standard InChI is InChI=1S/C14H23N3O/c1-4-14(5-2)9-12(6-7-18-14)16-13-8-11(3)10-15-17-13/h8,10,12H,4-7,9H2,1-3H3,(H,16,17). The maximum Gasteiger partial charge on any atom is 0.149 e. The molecule has 1 unspecified atom stereocenters. The number of anilines is 1. The fourth-order valence-corrected chi connectivity index (χ4v) is 2.64. The number of nitrogens with one attached hydrogen (secondary N) is 1. The van der Waals surface area contributed by atoms with Crippen LogP contribution in [0.25, 0.3) is 0 Å². The zero-order valence-electron chi connectivity index (χ0n) is 11.6. The van der Waals surface area contributed by atoms with Crippen LogP contribution in [0.1, 0.15) is 45.1 Å². The normalized spacial score (nSPS) is 22.7. The quantitative estimate of drug-likeness (QED) is 0.891. The lowest BCUT2D eigenvalue weighted by Gasteiger charge is -2.40. The van der Waals surface area contributed by atoms with E-state index in [0.717, 1.165) is 43.7 Å². The van der Waals surface area contributed by atoms with Gasteiger partial charge in [0.2, 0.25) is 0 Å². The van der Waals surface area contributed by atoms with Gasteiger partial charge < -0.3 is 10.1 Å². The summed E-state index contributed by atoms with van der Waals surface area (Å²) in [6.45, 7) is 7.28. The Morgan fingerprint density at radius 3 is 2.89 bits per heavy atom. The number of aromatic nitrogens is 2. The minimum atomic E-state index is 0.0488. The van der Waals surface area contributed by atoms with Gasteiger partial charge in [-0.1, -0.05) is 13.8 Å². The van der Waals surface area contributed by atoms with E-state index in [0.29, 0.717) is 6.04 Å². The fraction of sp³-hybridized carbons (Fsp3) is 0.714. The number of hydrogen-bond acceptors (Lipinski definition) is 4. The van der Waals surface area contributed by atoms with Gasteiger partial charge in [0, 0.05) is 12.6 Å². The summed E-state index contributed by atoms with van der Waals surface area (Å²) < 4.78 is 5.98. The van der Waals surface area contributed by atoms with E-state index in [-0.39, 0.29) is 5.60 Å². The van der Waals surface area contributed by atoms with Crippen LogP contribution in [-0.2, 0) is 4.74 Å². The van der Waals surface area contributed by atoms with Crippen LogP contribution in [0, 0.1) is 6.92 Å². The fourth-order valence-electron chi connectivity index (χ4n) is 2.64. The predicted molar refractivity (Wildman–Crippen MR) is 72.7 cm³/mol. The van der Waals surface area contributed by atoms with Crippen molar-refractivity contribution in [1.82, 2.24) is 10.2 Å². The first-order chi connectivity index (χ1) is 8.67. The van der Waals surface area contributed by atoms with Crippen molar-refractivity contribution in [3.63, 3.8) is 0 Å². The Morgan fingerprint density at radius 1 is 1.44 bits per heavy atom. The largest absolute Gasteiger partial charge is 0.375 e. The van der Waals surface area contributed by atoms with Gasteiger partial charge in [-0.05, 0) is 44.2 Å². The van der Waals surface area contributed by atoms with Gasteiger partial charge in [0.05, 0.1) is 11.8 Å². The molecule has 1 N–H and O–H groups in total. The van der Waals surface area contributed by atoms with Crippen LogP contribution >= 0.6 is 0 Å². The Labute approximate surface area is 109 Å². The summed E-state index contributed by atoms with van der Waals surface area (Å²) in [5.74, 6) is 0.878. The summed E-state index contributed by atoms with van der Waals surface area (Å²) in [6.07, 6.45) is 6.01. The van der Waals surface area contributed by atoms with Crippen LogP contribution in [0.4, 0.5) is 5.82 Å². The molecule has 4 nitrogen and oxygen atoms in total. The zero-order chi connectivity index (χ0) is 13.0. The van der Waals surface area contributed by atoms with E-state index in [9.17, 15) is 0 Å². The van der Waals surface area contributed by atoms with Gasteiger partial charge in [-0.25, -0.2) is 0 Å². The lowest BCUT2D eigenvalue weighted by atomic mass is 9.86. The zero-order valence-corrected chi connectivity index (χ0v) is 11.6. The van der Waals surface area contributed by atoms with Crippen molar-refractivity contribution in [2.24, 2.45) is 0 Å². The molecular weight excluding hydrogens is 226 g/mol. The van der Waals surface area contributed by atoms with Gasteiger partial charge >= 0.3 is 0 Å². The predicted octanol–water partition coefficient (Wildman–Crippen LogP) is 2.93. The third-order valence-corrected chi connectivity index (χ3v) is 3.92. The van der Waals surface area contributed by atoms with E-state index in [1.54, 1.807) is 6.20 Å². The second-order valence-corrected chi connectivity index (χ2v) is 5.19. The minimum absolute atomic E-state index is 0.0488. The summed E-state index contributed by atoms with van der Waals surface area (Å²) in [6, 6.07) is 2.48. The van der Waals surface area contributed by atoms with E-state index in [1.807, 2.05) is 13.0 Å². The smallest absolute Gasteiger partial charge is 0.149 e. The lowest BCUT2D eigenvalue weighted by molar-refractivity contribution is -0.0864. The Hall–Kier alpha value is -1.16. The van der Waals surface area contributed by atoms with E-state index in [2.05, 4.69) is 29.4 Å². The number of nitrogens with zero attached hydrogens (tertiary/aromatic N) is 2. The van der Waals surface area contributed by atoms with Crippen LogP contribution < -0.4 is 5.32 Å². The molecule has 0 bridgehead atoms. The highest BCUT2D eigenvalue weighted by Crippen LogP contribution is 2.32. The molecule has 1 aromatic heterocycles. The van der Waals surface area contributed by atoms with Crippen LogP contribution in [0.3, 0.4) is 0 Å². The highest BCUT2D eigenvalue weighted by atomic mass is 16.5. The average molecular weight is 249 g/mol. The molecule has 2 heterocycles. The summed E-state index contributed by atoms with van der Waals surface area (Å²) >= 11 is 0. The number of rotatable bonds is 4. The molecule has 4 heteroatoms. The molecule has 18 heavy (non-hydrogen) atoms. The summed E-state index contributed by atoms with van der Waals surface area (Å²) in [5.41, 5.74) is 1.18. The van der Waals surface area contributed by atoms with Crippen molar-refractivity contribution in [3.8, 4) is 0 Å². The first kappa shape index (κ1) is 13.3. The van der Waals surface area contributed by atoms with Crippen LogP contribution in [-0.4, -0.2) is 28.4 Å². The van der Waals surface area contributed by atoms with Crippen molar-refractivity contribution in [1.29, 1.82) is 0 Å². The second-order valence-electron chi connectivity index (χ2n) is 5.19. The highest BCUT2D eigenvalue weighted by Gasteiger charge is 2.34. The van der Waals surface area contributed by atoms with Crippen molar-refractivity contribution in [2.45, 2.75) is 58.1 Å². The third-order valence-electron chi connectivity index (χ3n) is 3.92. The average Bonchev–Trinajstić information content (AvgIpc) is 2.39. The van der Waals surface area contributed by atoms with E-state index < -0.39 is 0 Å². The number of aryl methyl sites for hydroxylation is 1. The molecule has 0 aliphatic carbocycles. The molecule has 1 saturated heterocycles. The SMILES string of the molecule is CCC1(CC)CC(Nc2cc(C)cnn2)CCO1. The molecule has 2 rings (SSSR count). The first-order valence-electron chi connectivity index (χ1n) is 6.87. The molecule has 1 aliphatic heterocycles. The van der Waals surface area contributed by atoms with Crippen molar-refractivity contribution >= 4 is 5.82 Å². The van der Waals surface area contributed by atoms with Crippen LogP contribution in [0.15, 0.2) is 12.3 Å². The number of hydrogen-bond donors (Lipinski definition) is 1. The monoisotopic (exact) mass is 249 g/mol. The van der Waals surface area contributed by atoms with Gasteiger partial charge in [0.25, 0.3) is 0 Å². The number of ether oxygens (including phenoxy) is 1. The minimum Gasteiger partial charge on any atom is -0.375 e. The van der Waals surface area contributed by atoms with Crippen LogP contribution in [0.2, 0.25) is 0 Å². The van der Waals surface area contributed by atoms with Gasteiger partial charge in [-0.2, -0.15) is 5.10 Å². The summed E-state index contributed by atoms with van der Waals surface area (Å²) in [7, 11) is 0. The molecule has 1 aliphatic rings. The highest BCUT2D eigenvalue weighted by molar-refractivity contribution is 5.36. The maximum atomic E-state index is 5.98. The van der Waals surface area contributed by atoms with Gasteiger partial charge in [-0.15, -0.1) is 5.10 Å². The summed E-state index contributed by atoms with van der Waals surface area (Å²) in [4.78, 5) is 0. The van der Waals surface area contributed by atoms with Gasteiger partial charge in [-0.3, -0.25) is 0 Å². The van der Waals surface area contributed by atoms with Crippen molar-refractivity contribution < 1.29 is 4.74 Å². The van der Waals surface area contributed by atoms with E-state index >= 15 is 0 Å². The molecule has 0 saturated carbocycles. The summed E-state index contributed by atoms with van der Waals surface area (Å²) in [5, 5.41) is 11.6. The van der Waals surface area contributed by atoms with Crippen molar-refractivity contribution in [2.75, 3.05) is 11.9 Å². The Morgan fingerprint density at radius 2 is 2.22 bits per heavy atom. The topological polar surface area (TPSA) is 47.0 Å². The Bertz CT molecular complexity index is 390. The van der Waals surface area contributed by atoms with Gasteiger partial charge in [0.15, 0.2) is 0 Å². The molecule has 0 spiro atoms. The molecule has 0 radical (unpaired) electrons. The molecule has 0 aromatic carbocycles. The Kier molecular flexibility index (Phi) is 4.17. The first-order valence-corrected chi connectivity index (χ1v) is 6.87. The molecule has 1 fully saturated rings. The lowest BCUT2D eigenvalue weighted by Crippen LogP contribution is -2.43. The van der Waals surface area contributed by atoms with E-state index in [1.165, 1.54) is 0 Å². The van der Waals surface area contributed by atoms with E-state index in [4.69, 9.17) is 4.74 Å².